The standard InChI is InChI=1S/C13H9ClN2OS/c14-13(17)16-9-3-4-10-6-7-12(18-10)11-5-1-2-8-15-11/h1-2,5-8H,9H2,(H,16,17). The highest BCUT2D eigenvalue weighted by Crippen LogP contribution is 2.25. The van der Waals surface area contributed by atoms with Crippen LogP contribution in [-0.2, 0) is 0 Å². The van der Waals surface area contributed by atoms with E-state index < -0.39 is 5.37 Å². The van der Waals surface area contributed by atoms with Crippen molar-refractivity contribution in [3.63, 3.8) is 0 Å². The molecular formula is C13H9ClN2OS. The molecule has 0 radical (unpaired) electrons. The molecule has 18 heavy (non-hydrogen) atoms. The van der Waals surface area contributed by atoms with Gasteiger partial charge in [0.15, 0.2) is 0 Å². The Morgan fingerprint density at radius 3 is 3.00 bits per heavy atom. The molecule has 5 heteroatoms. The van der Waals surface area contributed by atoms with E-state index in [1.807, 2.05) is 30.3 Å². The second kappa shape index (κ2) is 6.20. The number of hydrogen-bond donors (Lipinski definition) is 1. The zero-order valence-electron chi connectivity index (χ0n) is 9.31. The second-order valence-corrected chi connectivity index (χ2v) is 4.73. The molecule has 2 heterocycles. The molecule has 0 saturated heterocycles. The molecule has 0 aromatic carbocycles. The third-order valence-electron chi connectivity index (χ3n) is 2.05. The monoisotopic (exact) mass is 276 g/mol. The summed E-state index contributed by atoms with van der Waals surface area (Å²) in [6.07, 6.45) is 1.76. The molecule has 2 aromatic heterocycles. The molecule has 0 saturated carbocycles. The fraction of sp³-hybridized carbons (Fsp3) is 0.0769. The Hall–Kier alpha value is -1.83. The summed E-state index contributed by atoms with van der Waals surface area (Å²) in [4.78, 5) is 16.7. The summed E-state index contributed by atoms with van der Waals surface area (Å²) in [5.41, 5.74) is 0.935. The molecule has 90 valence electrons. The van der Waals surface area contributed by atoms with Crippen LogP contribution in [0, 0.1) is 11.8 Å². The van der Waals surface area contributed by atoms with Gasteiger partial charge in [-0.1, -0.05) is 17.9 Å². The summed E-state index contributed by atoms with van der Waals surface area (Å²) in [6, 6.07) is 9.70. The van der Waals surface area contributed by atoms with Gasteiger partial charge in [0.1, 0.15) is 0 Å². The van der Waals surface area contributed by atoms with Crippen molar-refractivity contribution in [2.24, 2.45) is 0 Å². The van der Waals surface area contributed by atoms with Crippen LogP contribution in [0.15, 0.2) is 36.5 Å². The van der Waals surface area contributed by atoms with E-state index in [-0.39, 0.29) is 6.54 Å². The lowest BCUT2D eigenvalue weighted by Crippen LogP contribution is -2.15. The van der Waals surface area contributed by atoms with E-state index in [0.29, 0.717) is 0 Å². The third-order valence-corrected chi connectivity index (χ3v) is 3.21. The van der Waals surface area contributed by atoms with Gasteiger partial charge in [-0.15, -0.1) is 11.3 Å². The van der Waals surface area contributed by atoms with Crippen LogP contribution in [-0.4, -0.2) is 16.9 Å². The minimum Gasteiger partial charge on any atom is -0.332 e. The number of nitrogens with zero attached hydrogens (tertiary/aromatic N) is 1. The highest BCUT2D eigenvalue weighted by Gasteiger charge is 2.01. The summed E-state index contributed by atoms with van der Waals surface area (Å²) in [5.74, 6) is 5.78. The summed E-state index contributed by atoms with van der Waals surface area (Å²) in [7, 11) is 0. The summed E-state index contributed by atoms with van der Waals surface area (Å²) >= 11 is 6.68. The van der Waals surface area contributed by atoms with Crippen LogP contribution in [0.2, 0.25) is 0 Å². The molecule has 1 N–H and O–H groups in total. The van der Waals surface area contributed by atoms with E-state index in [2.05, 4.69) is 22.1 Å². The van der Waals surface area contributed by atoms with Crippen LogP contribution in [0.5, 0.6) is 0 Å². The van der Waals surface area contributed by atoms with Crippen molar-refractivity contribution in [2.45, 2.75) is 0 Å². The molecule has 2 rings (SSSR count). The Kier molecular flexibility index (Phi) is 4.35. The summed E-state index contributed by atoms with van der Waals surface area (Å²) in [5, 5.41) is 1.81. The number of carbonyl (C=O) groups is 1. The highest BCUT2D eigenvalue weighted by molar-refractivity contribution is 7.16. The Morgan fingerprint density at radius 1 is 1.39 bits per heavy atom. The maximum Gasteiger partial charge on any atom is 0.314 e. The lowest BCUT2D eigenvalue weighted by Gasteiger charge is -1.92. The van der Waals surface area contributed by atoms with Gasteiger partial charge in [0.2, 0.25) is 0 Å². The molecule has 0 unspecified atom stereocenters. The molecule has 0 spiro atoms. The number of halogens is 1. The minimum atomic E-state index is -0.593. The Bertz CT molecular complexity index is 598. The Labute approximate surface area is 114 Å². The van der Waals surface area contributed by atoms with Crippen LogP contribution in [0.3, 0.4) is 0 Å². The van der Waals surface area contributed by atoms with Gasteiger partial charge in [0.25, 0.3) is 0 Å². The highest BCUT2D eigenvalue weighted by atomic mass is 35.5. The van der Waals surface area contributed by atoms with E-state index in [4.69, 9.17) is 11.6 Å². The maximum absolute atomic E-state index is 10.4. The Balaban J connectivity index is 2.05. The largest absolute Gasteiger partial charge is 0.332 e. The van der Waals surface area contributed by atoms with E-state index in [1.54, 1.807) is 17.5 Å². The normalized spacial score (nSPS) is 9.39. The van der Waals surface area contributed by atoms with Crippen molar-refractivity contribution in [2.75, 3.05) is 6.54 Å². The lowest BCUT2D eigenvalue weighted by atomic mass is 10.3. The lowest BCUT2D eigenvalue weighted by molar-refractivity contribution is 0.260. The van der Waals surface area contributed by atoms with Gasteiger partial charge in [0, 0.05) is 6.20 Å². The van der Waals surface area contributed by atoms with Crippen molar-refractivity contribution in [1.82, 2.24) is 10.3 Å². The van der Waals surface area contributed by atoms with Gasteiger partial charge < -0.3 is 5.32 Å². The first-order chi connectivity index (χ1) is 8.75. The van der Waals surface area contributed by atoms with E-state index >= 15 is 0 Å². The van der Waals surface area contributed by atoms with Gasteiger partial charge in [-0.05, 0) is 35.9 Å². The van der Waals surface area contributed by atoms with E-state index in [0.717, 1.165) is 15.4 Å². The van der Waals surface area contributed by atoms with Crippen molar-refractivity contribution < 1.29 is 4.79 Å². The molecule has 0 aliphatic rings. The molecule has 3 nitrogen and oxygen atoms in total. The SMILES string of the molecule is O=C(Cl)NCC#Cc1ccc(-c2ccccn2)s1. The Morgan fingerprint density at radius 2 is 2.28 bits per heavy atom. The fourth-order valence-electron chi connectivity index (χ4n) is 1.30. The van der Waals surface area contributed by atoms with Crippen LogP contribution >= 0.6 is 22.9 Å². The molecule has 0 fully saturated rings. The molecule has 0 atom stereocenters. The van der Waals surface area contributed by atoms with E-state index in [9.17, 15) is 4.79 Å². The van der Waals surface area contributed by atoms with Crippen LogP contribution < -0.4 is 5.32 Å². The molecule has 1 amide bonds. The summed E-state index contributed by atoms with van der Waals surface area (Å²) in [6.45, 7) is 0.249. The quantitative estimate of drug-likeness (QED) is 0.520. The number of carbonyl (C=O) groups excluding carboxylic acids is 1. The number of pyridine rings is 1. The van der Waals surface area contributed by atoms with Crippen LogP contribution in [0.4, 0.5) is 4.79 Å². The van der Waals surface area contributed by atoms with Crippen LogP contribution in [0.25, 0.3) is 10.6 Å². The average Bonchev–Trinajstić information content (AvgIpc) is 2.84. The first-order valence-corrected chi connectivity index (χ1v) is 6.38. The van der Waals surface area contributed by atoms with E-state index in [1.165, 1.54) is 0 Å². The van der Waals surface area contributed by atoms with Gasteiger partial charge in [0.05, 0.1) is 22.0 Å². The zero-order valence-corrected chi connectivity index (χ0v) is 10.9. The second-order valence-electron chi connectivity index (χ2n) is 3.31. The van der Waals surface area contributed by atoms with Gasteiger partial charge in [-0.3, -0.25) is 9.78 Å². The first-order valence-electron chi connectivity index (χ1n) is 5.19. The van der Waals surface area contributed by atoms with Crippen molar-refractivity contribution in [3.05, 3.63) is 41.4 Å². The van der Waals surface area contributed by atoms with Gasteiger partial charge in [-0.25, -0.2) is 0 Å². The van der Waals surface area contributed by atoms with Gasteiger partial charge >= 0.3 is 5.37 Å². The first kappa shape index (κ1) is 12.6. The van der Waals surface area contributed by atoms with Crippen molar-refractivity contribution >= 4 is 28.3 Å². The van der Waals surface area contributed by atoms with Crippen molar-refractivity contribution in [1.29, 1.82) is 0 Å². The average molecular weight is 277 g/mol. The number of amides is 1. The predicted molar refractivity (Wildman–Crippen MR) is 73.7 cm³/mol. The number of rotatable bonds is 2. The molecule has 0 aliphatic carbocycles. The molecule has 2 aromatic rings. The molecule has 0 aliphatic heterocycles. The fourth-order valence-corrected chi connectivity index (χ4v) is 2.22. The molecule has 0 bridgehead atoms. The zero-order chi connectivity index (χ0) is 12.8. The number of thiophene rings is 1. The van der Waals surface area contributed by atoms with Crippen LogP contribution in [0.1, 0.15) is 4.88 Å². The number of hydrogen-bond acceptors (Lipinski definition) is 3. The molecular weight excluding hydrogens is 268 g/mol. The number of nitrogens with one attached hydrogen (secondary N) is 1. The van der Waals surface area contributed by atoms with Crippen molar-refractivity contribution in [3.8, 4) is 22.4 Å². The minimum absolute atomic E-state index is 0.249. The topological polar surface area (TPSA) is 42.0 Å². The maximum atomic E-state index is 10.4. The predicted octanol–water partition coefficient (Wildman–Crippen LogP) is 3.11. The summed E-state index contributed by atoms with van der Waals surface area (Å²) < 4.78 is 0. The van der Waals surface area contributed by atoms with Gasteiger partial charge in [-0.2, -0.15) is 0 Å². The smallest absolute Gasteiger partial charge is 0.314 e. The third kappa shape index (κ3) is 3.59. The number of aromatic nitrogens is 1.